The molecule has 2 aromatic carbocycles. The molecule has 2 atom stereocenters. The van der Waals surface area contributed by atoms with Crippen LogP contribution >= 0.6 is 23.2 Å². The lowest BCUT2D eigenvalue weighted by molar-refractivity contribution is -0.136. The summed E-state index contributed by atoms with van der Waals surface area (Å²) in [6.07, 6.45) is -0.834. The molecule has 2 aromatic rings. The highest BCUT2D eigenvalue weighted by Gasteiger charge is 2.26. The Kier molecular flexibility index (Phi) is 9.14. The normalized spacial score (nSPS) is 12.7. The van der Waals surface area contributed by atoms with Crippen LogP contribution in [0.2, 0.25) is 10.0 Å². The van der Waals surface area contributed by atoms with Crippen molar-refractivity contribution in [1.82, 2.24) is 10.6 Å². The molecule has 0 saturated carbocycles. The van der Waals surface area contributed by atoms with E-state index in [1.165, 1.54) is 6.92 Å². The Morgan fingerprint density at radius 2 is 1.77 bits per heavy atom. The monoisotopic (exact) mass is 452 g/mol. The zero-order valence-corrected chi connectivity index (χ0v) is 18.1. The third kappa shape index (κ3) is 7.62. The molecule has 0 aliphatic carbocycles. The first-order valence-corrected chi connectivity index (χ1v) is 10.0. The quantitative estimate of drug-likeness (QED) is 0.265. The number of benzene rings is 2. The van der Waals surface area contributed by atoms with Crippen molar-refractivity contribution in [3.63, 3.8) is 0 Å². The predicted molar refractivity (Wildman–Crippen MR) is 116 cm³/mol. The standard InChI is InChI=1S/C20H23BCl2N2O5/c1-12-3-5-14(6-4-12)9-18(30-21(28)29)25-20(27)13(2)19(26)24-11-15-7-8-16(22)10-17(15)23/h3-8,10,13,18,28-29H,9,11H2,1-2H3,(H,24,26)(H,25,27)/t13?,18-/m1/s1. The number of nitrogens with one attached hydrogen (secondary N) is 2. The molecule has 0 radical (unpaired) electrons. The fourth-order valence-electron chi connectivity index (χ4n) is 2.62. The van der Waals surface area contributed by atoms with Crippen LogP contribution in [0.4, 0.5) is 0 Å². The van der Waals surface area contributed by atoms with Crippen LogP contribution in [0, 0.1) is 12.8 Å². The summed E-state index contributed by atoms with van der Waals surface area (Å²) in [5, 5.41) is 24.3. The van der Waals surface area contributed by atoms with Gasteiger partial charge in [-0.15, -0.1) is 0 Å². The number of carbonyl (C=O) groups is 2. The second kappa shape index (κ2) is 11.3. The molecule has 2 amide bonds. The molecular formula is C20H23BCl2N2O5. The lowest BCUT2D eigenvalue weighted by Gasteiger charge is -2.21. The number of aryl methyl sites for hydroxylation is 1. The van der Waals surface area contributed by atoms with Gasteiger partial charge in [-0.1, -0.05) is 59.1 Å². The fourth-order valence-corrected chi connectivity index (χ4v) is 3.10. The summed E-state index contributed by atoms with van der Waals surface area (Å²) in [6, 6.07) is 12.4. The average Bonchev–Trinajstić information content (AvgIpc) is 2.67. The third-order valence-corrected chi connectivity index (χ3v) is 4.97. The van der Waals surface area contributed by atoms with E-state index in [4.69, 9.17) is 37.9 Å². The van der Waals surface area contributed by atoms with Crippen LogP contribution in [-0.4, -0.2) is 35.4 Å². The van der Waals surface area contributed by atoms with Crippen molar-refractivity contribution in [2.45, 2.75) is 33.0 Å². The Morgan fingerprint density at radius 3 is 2.37 bits per heavy atom. The van der Waals surface area contributed by atoms with Crippen LogP contribution in [0.5, 0.6) is 0 Å². The zero-order chi connectivity index (χ0) is 22.3. The molecule has 30 heavy (non-hydrogen) atoms. The number of halogens is 2. The van der Waals surface area contributed by atoms with Gasteiger partial charge in [0, 0.05) is 23.0 Å². The van der Waals surface area contributed by atoms with Gasteiger partial charge in [-0.25, -0.2) is 0 Å². The summed E-state index contributed by atoms with van der Waals surface area (Å²) in [5.41, 5.74) is 2.54. The van der Waals surface area contributed by atoms with E-state index in [9.17, 15) is 9.59 Å². The number of hydrogen-bond donors (Lipinski definition) is 4. The average molecular weight is 453 g/mol. The molecule has 0 heterocycles. The van der Waals surface area contributed by atoms with Crippen LogP contribution in [0.25, 0.3) is 0 Å². The number of rotatable bonds is 9. The van der Waals surface area contributed by atoms with Crippen LogP contribution in [0.3, 0.4) is 0 Å². The molecule has 0 spiro atoms. The number of hydrogen-bond acceptors (Lipinski definition) is 5. The Hall–Kier alpha value is -2.10. The van der Waals surface area contributed by atoms with E-state index in [0.717, 1.165) is 11.1 Å². The molecule has 1 unspecified atom stereocenters. The van der Waals surface area contributed by atoms with Gasteiger partial charge in [-0.2, -0.15) is 0 Å². The van der Waals surface area contributed by atoms with Crippen molar-refractivity contribution < 1.29 is 24.3 Å². The summed E-state index contributed by atoms with van der Waals surface area (Å²) in [4.78, 5) is 24.8. The van der Waals surface area contributed by atoms with E-state index >= 15 is 0 Å². The highest BCUT2D eigenvalue weighted by Crippen LogP contribution is 2.20. The molecule has 0 aromatic heterocycles. The zero-order valence-electron chi connectivity index (χ0n) is 16.6. The lowest BCUT2D eigenvalue weighted by atomic mass is 10.1. The topological polar surface area (TPSA) is 108 Å². The maximum atomic E-state index is 12.5. The maximum Gasteiger partial charge on any atom is 0.635 e. The fraction of sp³-hybridized carbons (Fsp3) is 0.300. The van der Waals surface area contributed by atoms with Gasteiger partial charge in [-0.3, -0.25) is 9.59 Å². The maximum absolute atomic E-state index is 12.5. The number of carbonyl (C=O) groups excluding carboxylic acids is 2. The van der Waals surface area contributed by atoms with Crippen LogP contribution < -0.4 is 10.6 Å². The van der Waals surface area contributed by atoms with Crippen molar-refractivity contribution in [2.75, 3.05) is 0 Å². The smallest absolute Gasteiger partial charge is 0.402 e. The third-order valence-electron chi connectivity index (χ3n) is 4.39. The highest BCUT2D eigenvalue weighted by molar-refractivity contribution is 6.35. The molecule has 2 rings (SSSR count). The Bertz CT molecular complexity index is 880. The van der Waals surface area contributed by atoms with Crippen LogP contribution in [-0.2, 0) is 27.2 Å². The first-order chi connectivity index (χ1) is 14.2. The van der Waals surface area contributed by atoms with Crippen molar-refractivity contribution in [1.29, 1.82) is 0 Å². The summed E-state index contributed by atoms with van der Waals surface area (Å²) in [5.74, 6) is -2.18. The Morgan fingerprint density at radius 1 is 1.10 bits per heavy atom. The van der Waals surface area contributed by atoms with Gasteiger partial charge >= 0.3 is 7.32 Å². The molecule has 160 valence electrons. The molecule has 0 fully saturated rings. The lowest BCUT2D eigenvalue weighted by Crippen LogP contribution is -2.47. The first-order valence-electron chi connectivity index (χ1n) is 9.25. The summed E-state index contributed by atoms with van der Waals surface area (Å²) >= 11 is 11.9. The SMILES string of the molecule is Cc1ccc(C[C@H](NC(=O)C(C)C(=O)NCc2ccc(Cl)cc2Cl)OB(O)O)cc1. The van der Waals surface area contributed by atoms with Crippen molar-refractivity contribution >= 4 is 42.3 Å². The Balaban J connectivity index is 1.95. The second-order valence-corrected chi connectivity index (χ2v) is 7.67. The van der Waals surface area contributed by atoms with Gasteiger partial charge in [0.2, 0.25) is 11.8 Å². The first kappa shape index (κ1) is 24.2. The largest absolute Gasteiger partial charge is 0.635 e. The molecule has 0 aliphatic rings. The minimum Gasteiger partial charge on any atom is -0.402 e. The molecule has 7 nitrogen and oxygen atoms in total. The van der Waals surface area contributed by atoms with E-state index in [2.05, 4.69) is 10.6 Å². The van der Waals surface area contributed by atoms with E-state index in [1.807, 2.05) is 31.2 Å². The predicted octanol–water partition coefficient (Wildman–Crippen LogP) is 2.23. The van der Waals surface area contributed by atoms with Gasteiger partial charge in [-0.05, 0) is 37.1 Å². The molecule has 0 aliphatic heterocycles. The highest BCUT2D eigenvalue weighted by atomic mass is 35.5. The van der Waals surface area contributed by atoms with E-state index < -0.39 is 31.3 Å². The minimum atomic E-state index is -2.07. The molecule has 4 N–H and O–H groups in total. The summed E-state index contributed by atoms with van der Waals surface area (Å²) in [6.45, 7) is 3.51. The summed E-state index contributed by atoms with van der Waals surface area (Å²) in [7, 11) is -2.07. The van der Waals surface area contributed by atoms with Gasteiger partial charge in [0.15, 0.2) is 0 Å². The van der Waals surface area contributed by atoms with Crippen LogP contribution in [0.1, 0.15) is 23.6 Å². The van der Waals surface area contributed by atoms with Crippen LogP contribution in [0.15, 0.2) is 42.5 Å². The van der Waals surface area contributed by atoms with E-state index in [1.54, 1.807) is 18.2 Å². The summed E-state index contributed by atoms with van der Waals surface area (Å²) < 4.78 is 4.96. The van der Waals surface area contributed by atoms with Crippen molar-refractivity contribution in [3.05, 3.63) is 69.2 Å². The van der Waals surface area contributed by atoms with Gasteiger partial charge in [0.05, 0.1) is 0 Å². The molecule has 0 saturated heterocycles. The second-order valence-electron chi connectivity index (χ2n) is 6.82. The molecular weight excluding hydrogens is 430 g/mol. The van der Waals surface area contributed by atoms with Gasteiger partial charge in [0.1, 0.15) is 12.1 Å². The van der Waals surface area contributed by atoms with Crippen molar-refractivity contribution in [2.24, 2.45) is 5.92 Å². The van der Waals surface area contributed by atoms with Gasteiger partial charge in [0.25, 0.3) is 0 Å². The van der Waals surface area contributed by atoms with E-state index in [-0.39, 0.29) is 13.0 Å². The number of amides is 2. The Labute approximate surface area is 185 Å². The van der Waals surface area contributed by atoms with E-state index in [0.29, 0.717) is 15.6 Å². The van der Waals surface area contributed by atoms with Crippen molar-refractivity contribution in [3.8, 4) is 0 Å². The molecule has 0 bridgehead atoms. The minimum absolute atomic E-state index is 0.130. The molecule has 10 heteroatoms. The van der Waals surface area contributed by atoms with Gasteiger partial charge < -0.3 is 25.3 Å².